The maximum absolute atomic E-state index is 12.4. The molecule has 1 aliphatic rings. The SMILES string of the molecule is CC[C@H](NCc1sccc1Br)C(=O)N1CCOCC1. The van der Waals surface area contributed by atoms with Crippen LogP contribution in [0.5, 0.6) is 0 Å². The largest absolute Gasteiger partial charge is 0.378 e. The van der Waals surface area contributed by atoms with Crippen molar-refractivity contribution in [3.8, 4) is 0 Å². The molecule has 1 fully saturated rings. The molecule has 2 heterocycles. The molecule has 1 saturated heterocycles. The normalized spacial score (nSPS) is 17.5. The van der Waals surface area contributed by atoms with E-state index in [1.54, 1.807) is 11.3 Å². The number of nitrogens with zero attached hydrogens (tertiary/aromatic N) is 1. The van der Waals surface area contributed by atoms with Crippen LogP contribution >= 0.6 is 27.3 Å². The molecule has 1 aromatic rings. The molecule has 6 heteroatoms. The van der Waals surface area contributed by atoms with Gasteiger partial charge in [0.1, 0.15) is 0 Å². The molecule has 1 aromatic heterocycles. The fraction of sp³-hybridized carbons (Fsp3) is 0.615. The van der Waals surface area contributed by atoms with Gasteiger partial charge in [0.2, 0.25) is 5.91 Å². The third-order valence-electron chi connectivity index (χ3n) is 3.23. The lowest BCUT2D eigenvalue weighted by Gasteiger charge is -2.30. The number of nitrogens with one attached hydrogen (secondary N) is 1. The summed E-state index contributed by atoms with van der Waals surface area (Å²) in [5.41, 5.74) is 0. The molecule has 1 amide bonds. The van der Waals surface area contributed by atoms with Crippen LogP contribution in [0.1, 0.15) is 18.2 Å². The molecule has 1 atom stereocenters. The summed E-state index contributed by atoms with van der Waals surface area (Å²) in [5.74, 6) is 0.193. The van der Waals surface area contributed by atoms with Crippen LogP contribution in [-0.4, -0.2) is 43.2 Å². The molecule has 2 rings (SSSR count). The molecule has 0 aromatic carbocycles. The molecule has 0 aliphatic carbocycles. The molecule has 0 unspecified atom stereocenters. The van der Waals surface area contributed by atoms with E-state index in [0.717, 1.165) is 17.4 Å². The summed E-state index contributed by atoms with van der Waals surface area (Å²) >= 11 is 5.21. The first kappa shape index (κ1) is 15.0. The first-order valence-corrected chi connectivity index (χ1v) is 8.21. The van der Waals surface area contributed by atoms with Gasteiger partial charge in [-0.05, 0) is 33.8 Å². The van der Waals surface area contributed by atoms with Gasteiger partial charge in [0.05, 0.1) is 19.3 Å². The van der Waals surface area contributed by atoms with Crippen molar-refractivity contribution in [3.05, 3.63) is 20.8 Å². The molecule has 0 bridgehead atoms. The van der Waals surface area contributed by atoms with Crippen LogP contribution in [0.3, 0.4) is 0 Å². The zero-order chi connectivity index (χ0) is 13.7. The summed E-state index contributed by atoms with van der Waals surface area (Å²) in [6.45, 7) is 5.49. The summed E-state index contributed by atoms with van der Waals surface area (Å²) < 4.78 is 6.39. The highest BCUT2D eigenvalue weighted by molar-refractivity contribution is 9.10. The van der Waals surface area contributed by atoms with E-state index < -0.39 is 0 Å². The number of ether oxygens (including phenoxy) is 1. The zero-order valence-corrected chi connectivity index (χ0v) is 13.4. The molecular weight excluding hydrogens is 328 g/mol. The van der Waals surface area contributed by atoms with Gasteiger partial charge in [0.15, 0.2) is 0 Å². The van der Waals surface area contributed by atoms with Crippen molar-refractivity contribution in [2.24, 2.45) is 0 Å². The molecule has 106 valence electrons. The third-order valence-corrected chi connectivity index (χ3v) is 5.16. The molecular formula is C13H19BrN2O2S. The minimum Gasteiger partial charge on any atom is -0.378 e. The first-order valence-electron chi connectivity index (χ1n) is 6.54. The van der Waals surface area contributed by atoms with Gasteiger partial charge in [0.25, 0.3) is 0 Å². The van der Waals surface area contributed by atoms with Crippen molar-refractivity contribution in [1.29, 1.82) is 0 Å². The Hall–Kier alpha value is -0.430. The molecule has 1 aliphatic heterocycles. The smallest absolute Gasteiger partial charge is 0.239 e. The number of morpholine rings is 1. The van der Waals surface area contributed by atoms with E-state index in [4.69, 9.17) is 4.74 Å². The lowest BCUT2D eigenvalue weighted by molar-refractivity contribution is -0.137. The first-order chi connectivity index (χ1) is 9.22. The second kappa shape index (κ2) is 7.38. The number of rotatable bonds is 5. The van der Waals surface area contributed by atoms with Crippen LogP contribution in [-0.2, 0) is 16.1 Å². The second-order valence-electron chi connectivity index (χ2n) is 4.47. The monoisotopic (exact) mass is 346 g/mol. The Morgan fingerprint density at radius 3 is 2.89 bits per heavy atom. The van der Waals surface area contributed by atoms with Gasteiger partial charge in [-0.15, -0.1) is 11.3 Å². The van der Waals surface area contributed by atoms with E-state index in [1.165, 1.54) is 4.88 Å². The molecule has 0 saturated carbocycles. The van der Waals surface area contributed by atoms with Gasteiger partial charge in [-0.1, -0.05) is 6.92 Å². The Kier molecular flexibility index (Phi) is 5.81. The Labute approximate surface area is 126 Å². The van der Waals surface area contributed by atoms with E-state index >= 15 is 0 Å². The summed E-state index contributed by atoms with van der Waals surface area (Å²) in [6.07, 6.45) is 0.805. The predicted molar refractivity (Wildman–Crippen MR) is 80.3 cm³/mol. The predicted octanol–water partition coefficient (Wildman–Crippen LogP) is 2.24. The van der Waals surface area contributed by atoms with Gasteiger partial charge >= 0.3 is 0 Å². The Balaban J connectivity index is 1.88. The molecule has 1 N–H and O–H groups in total. The molecule has 0 spiro atoms. The Morgan fingerprint density at radius 1 is 1.58 bits per heavy atom. The Morgan fingerprint density at radius 2 is 2.32 bits per heavy atom. The van der Waals surface area contributed by atoms with Gasteiger partial charge in [-0.3, -0.25) is 4.79 Å². The average Bonchev–Trinajstić information content (AvgIpc) is 2.86. The van der Waals surface area contributed by atoms with Crippen LogP contribution in [0.25, 0.3) is 0 Å². The fourth-order valence-electron chi connectivity index (χ4n) is 2.08. The summed E-state index contributed by atoms with van der Waals surface area (Å²) in [5, 5.41) is 5.41. The third kappa shape index (κ3) is 4.02. The van der Waals surface area contributed by atoms with Crippen LogP contribution in [0.2, 0.25) is 0 Å². The van der Waals surface area contributed by atoms with Crippen molar-refractivity contribution in [2.45, 2.75) is 25.9 Å². The van der Waals surface area contributed by atoms with Crippen molar-refractivity contribution >= 4 is 33.2 Å². The second-order valence-corrected chi connectivity index (χ2v) is 6.33. The molecule has 4 nitrogen and oxygen atoms in total. The van der Waals surface area contributed by atoms with Gasteiger partial charge in [0, 0.05) is 29.0 Å². The summed E-state index contributed by atoms with van der Waals surface area (Å²) in [4.78, 5) is 15.5. The van der Waals surface area contributed by atoms with Crippen LogP contribution in [0.15, 0.2) is 15.9 Å². The number of hydrogen-bond acceptors (Lipinski definition) is 4. The van der Waals surface area contributed by atoms with E-state index in [1.807, 2.05) is 23.3 Å². The number of halogens is 1. The van der Waals surface area contributed by atoms with E-state index in [0.29, 0.717) is 26.3 Å². The van der Waals surface area contributed by atoms with Crippen molar-refractivity contribution in [1.82, 2.24) is 10.2 Å². The Bertz CT molecular complexity index is 419. The number of carbonyl (C=O) groups is 1. The zero-order valence-electron chi connectivity index (χ0n) is 11.0. The highest BCUT2D eigenvalue weighted by atomic mass is 79.9. The van der Waals surface area contributed by atoms with Gasteiger partial charge in [-0.2, -0.15) is 0 Å². The summed E-state index contributed by atoms with van der Waals surface area (Å²) in [7, 11) is 0. The van der Waals surface area contributed by atoms with Crippen LogP contribution in [0, 0.1) is 0 Å². The average molecular weight is 347 g/mol. The number of thiophene rings is 1. The summed E-state index contributed by atoms with van der Waals surface area (Å²) in [6, 6.07) is 1.93. The highest BCUT2D eigenvalue weighted by Crippen LogP contribution is 2.22. The van der Waals surface area contributed by atoms with E-state index in [2.05, 4.69) is 21.2 Å². The highest BCUT2D eigenvalue weighted by Gasteiger charge is 2.24. The quantitative estimate of drug-likeness (QED) is 0.888. The van der Waals surface area contributed by atoms with Crippen LogP contribution < -0.4 is 5.32 Å². The number of carbonyl (C=O) groups excluding carboxylic acids is 1. The van der Waals surface area contributed by atoms with Crippen LogP contribution in [0.4, 0.5) is 0 Å². The van der Waals surface area contributed by atoms with Crippen molar-refractivity contribution in [3.63, 3.8) is 0 Å². The number of amides is 1. The van der Waals surface area contributed by atoms with E-state index in [-0.39, 0.29) is 11.9 Å². The molecule has 19 heavy (non-hydrogen) atoms. The lowest BCUT2D eigenvalue weighted by Crippen LogP contribution is -2.49. The topological polar surface area (TPSA) is 41.6 Å². The van der Waals surface area contributed by atoms with Crippen molar-refractivity contribution in [2.75, 3.05) is 26.3 Å². The fourth-order valence-corrected chi connectivity index (χ4v) is 3.52. The maximum atomic E-state index is 12.4. The van der Waals surface area contributed by atoms with Gasteiger partial charge in [-0.25, -0.2) is 0 Å². The standard InChI is InChI=1S/C13H19BrN2O2S/c1-2-11(13(17)16-4-6-18-7-5-16)15-9-12-10(14)3-8-19-12/h3,8,11,15H,2,4-7,9H2,1H3/t11-/m0/s1. The van der Waals surface area contributed by atoms with Crippen molar-refractivity contribution < 1.29 is 9.53 Å². The maximum Gasteiger partial charge on any atom is 0.239 e. The van der Waals surface area contributed by atoms with E-state index in [9.17, 15) is 4.79 Å². The van der Waals surface area contributed by atoms with Gasteiger partial charge < -0.3 is 15.0 Å². The number of hydrogen-bond donors (Lipinski definition) is 1. The molecule has 0 radical (unpaired) electrons. The minimum absolute atomic E-state index is 0.105. The minimum atomic E-state index is -0.105. The lowest BCUT2D eigenvalue weighted by atomic mass is 10.2.